The molecule has 2 heterocycles. The third-order valence-corrected chi connectivity index (χ3v) is 5.75. The summed E-state index contributed by atoms with van der Waals surface area (Å²) in [5.41, 5.74) is 5.75. The van der Waals surface area contributed by atoms with E-state index < -0.39 is 11.6 Å². The van der Waals surface area contributed by atoms with Crippen molar-refractivity contribution >= 4 is 17.7 Å². The Hall–Kier alpha value is -1.88. The molecule has 1 aliphatic carbocycles. The fraction of sp³-hybridized carbons (Fsp3) is 0.579. The summed E-state index contributed by atoms with van der Waals surface area (Å²) in [6.45, 7) is 6.16. The van der Waals surface area contributed by atoms with E-state index in [9.17, 15) is 9.90 Å². The second-order valence-corrected chi connectivity index (χ2v) is 7.27. The number of nitrogen functional groups attached to an aromatic ring is 1. The molecular weight excluding hydrogens is 304 g/mol. The first-order chi connectivity index (χ1) is 11.4. The Kier molecular flexibility index (Phi) is 4.38. The van der Waals surface area contributed by atoms with Gasteiger partial charge in [-0.1, -0.05) is 26.3 Å². The Morgan fingerprint density at radius 2 is 2.21 bits per heavy atom. The number of ether oxygens (including phenoxy) is 1. The van der Waals surface area contributed by atoms with Gasteiger partial charge in [-0.25, -0.2) is 4.79 Å². The molecule has 1 unspecified atom stereocenters. The smallest absolute Gasteiger partial charge is 0.338 e. The summed E-state index contributed by atoms with van der Waals surface area (Å²) < 4.78 is 5.40. The number of rotatable bonds is 3. The SMILES string of the molecule is CCC1[C@@H](C)C[C@@]2(O)C(=O)O[C@H](C)[C@H]2[C@H]1/C=C/c1ccc(N)cn1. The molecule has 1 aliphatic heterocycles. The van der Waals surface area contributed by atoms with Crippen LogP contribution < -0.4 is 5.73 Å². The fourth-order valence-corrected chi connectivity index (χ4v) is 4.67. The predicted molar refractivity (Wildman–Crippen MR) is 92.7 cm³/mol. The molecule has 3 N–H and O–H groups in total. The quantitative estimate of drug-likeness (QED) is 0.832. The average Bonchev–Trinajstić information content (AvgIpc) is 2.75. The minimum absolute atomic E-state index is 0.0737. The second-order valence-electron chi connectivity index (χ2n) is 7.27. The summed E-state index contributed by atoms with van der Waals surface area (Å²) in [4.78, 5) is 16.5. The van der Waals surface area contributed by atoms with Gasteiger partial charge in [0, 0.05) is 5.92 Å². The Morgan fingerprint density at radius 3 is 2.83 bits per heavy atom. The number of cyclic esters (lactones) is 1. The normalized spacial score (nSPS) is 39.0. The standard InChI is InChI=1S/C19H26N2O3/c1-4-15-11(2)9-19(23)17(12(3)24-18(19)22)16(15)8-7-14-6-5-13(20)10-21-14/h5-8,10-12,15-17,23H,4,9,20H2,1-3H3/b8-7+/t11-,12+,15?,16-,17-,19-/m0/s1. The van der Waals surface area contributed by atoms with Gasteiger partial charge in [0.25, 0.3) is 0 Å². The maximum atomic E-state index is 12.2. The van der Waals surface area contributed by atoms with E-state index in [2.05, 4.69) is 24.9 Å². The number of allylic oxidation sites excluding steroid dienone is 1. The number of aromatic nitrogens is 1. The van der Waals surface area contributed by atoms with Crippen LogP contribution in [0.15, 0.2) is 24.4 Å². The van der Waals surface area contributed by atoms with Gasteiger partial charge in [0.1, 0.15) is 6.10 Å². The van der Waals surface area contributed by atoms with E-state index in [1.165, 1.54) is 0 Å². The number of carbonyl (C=O) groups is 1. The van der Waals surface area contributed by atoms with Crippen molar-refractivity contribution in [2.75, 3.05) is 5.73 Å². The highest BCUT2D eigenvalue weighted by Crippen LogP contribution is 2.52. The van der Waals surface area contributed by atoms with Gasteiger partial charge in [-0.3, -0.25) is 4.98 Å². The number of hydrogen-bond acceptors (Lipinski definition) is 5. The number of aliphatic hydroxyl groups is 1. The number of anilines is 1. The number of carbonyl (C=O) groups excluding carboxylic acids is 1. The van der Waals surface area contributed by atoms with E-state index in [1.807, 2.05) is 25.1 Å². The highest BCUT2D eigenvalue weighted by molar-refractivity contribution is 5.82. The highest BCUT2D eigenvalue weighted by atomic mass is 16.6. The highest BCUT2D eigenvalue weighted by Gasteiger charge is 2.62. The Balaban J connectivity index is 1.94. The summed E-state index contributed by atoms with van der Waals surface area (Å²) >= 11 is 0. The first-order valence-electron chi connectivity index (χ1n) is 8.70. The van der Waals surface area contributed by atoms with Gasteiger partial charge in [-0.2, -0.15) is 0 Å². The molecular formula is C19H26N2O3. The van der Waals surface area contributed by atoms with Crippen molar-refractivity contribution in [3.05, 3.63) is 30.1 Å². The molecule has 0 amide bonds. The topological polar surface area (TPSA) is 85.4 Å². The molecule has 0 spiro atoms. The predicted octanol–water partition coefficient (Wildman–Crippen LogP) is 2.65. The third kappa shape index (κ3) is 2.71. The molecule has 5 nitrogen and oxygen atoms in total. The number of nitrogens with zero attached hydrogens (tertiary/aromatic N) is 1. The summed E-state index contributed by atoms with van der Waals surface area (Å²) in [5, 5.41) is 11.0. The summed E-state index contributed by atoms with van der Waals surface area (Å²) in [7, 11) is 0. The first-order valence-corrected chi connectivity index (χ1v) is 8.70. The molecule has 5 heteroatoms. The number of pyridine rings is 1. The lowest BCUT2D eigenvalue weighted by Crippen LogP contribution is -2.53. The van der Waals surface area contributed by atoms with Gasteiger partial charge in [-0.05, 0) is 49.3 Å². The zero-order chi connectivity index (χ0) is 17.5. The van der Waals surface area contributed by atoms with Crippen LogP contribution in [0, 0.1) is 23.7 Å². The second kappa shape index (κ2) is 6.20. The minimum atomic E-state index is -1.37. The Bertz CT molecular complexity index is 643. The molecule has 1 saturated heterocycles. The lowest BCUT2D eigenvalue weighted by molar-refractivity contribution is -0.160. The number of nitrogens with two attached hydrogens (primary N) is 1. The van der Waals surface area contributed by atoms with Gasteiger partial charge in [-0.15, -0.1) is 0 Å². The van der Waals surface area contributed by atoms with Crippen LogP contribution in [0.5, 0.6) is 0 Å². The van der Waals surface area contributed by atoms with Crippen LogP contribution in [0.25, 0.3) is 6.08 Å². The van der Waals surface area contributed by atoms with Crippen LogP contribution in [0.4, 0.5) is 5.69 Å². The monoisotopic (exact) mass is 330 g/mol. The van der Waals surface area contributed by atoms with Crippen LogP contribution >= 0.6 is 0 Å². The molecule has 0 bridgehead atoms. The van der Waals surface area contributed by atoms with Crippen molar-refractivity contribution < 1.29 is 14.6 Å². The maximum Gasteiger partial charge on any atom is 0.338 e. The van der Waals surface area contributed by atoms with Gasteiger partial charge in [0.05, 0.1) is 17.6 Å². The zero-order valence-electron chi connectivity index (χ0n) is 14.5. The van der Waals surface area contributed by atoms with Gasteiger partial charge in [0.15, 0.2) is 5.60 Å². The van der Waals surface area contributed by atoms with Crippen LogP contribution in [0.3, 0.4) is 0 Å². The van der Waals surface area contributed by atoms with Crippen LogP contribution in [0.2, 0.25) is 0 Å². The van der Waals surface area contributed by atoms with Gasteiger partial charge >= 0.3 is 5.97 Å². The minimum Gasteiger partial charge on any atom is -0.460 e. The van der Waals surface area contributed by atoms with Gasteiger partial charge < -0.3 is 15.6 Å². The first kappa shape index (κ1) is 17.0. The number of esters is 1. The zero-order valence-corrected chi connectivity index (χ0v) is 14.5. The largest absolute Gasteiger partial charge is 0.460 e. The summed E-state index contributed by atoms with van der Waals surface area (Å²) in [5.74, 6) is 0.0477. The molecule has 2 aliphatic rings. The van der Waals surface area contributed by atoms with Gasteiger partial charge in [0.2, 0.25) is 0 Å². The molecule has 2 fully saturated rings. The van der Waals surface area contributed by atoms with Crippen LogP contribution in [-0.4, -0.2) is 27.8 Å². The summed E-state index contributed by atoms with van der Waals surface area (Å²) in [6.07, 6.45) is 6.87. The summed E-state index contributed by atoms with van der Waals surface area (Å²) in [6, 6.07) is 3.68. The van der Waals surface area contributed by atoms with Crippen LogP contribution in [0.1, 0.15) is 39.3 Å². The van der Waals surface area contributed by atoms with E-state index in [4.69, 9.17) is 10.5 Å². The van der Waals surface area contributed by atoms with E-state index in [0.29, 0.717) is 18.0 Å². The average molecular weight is 330 g/mol. The van der Waals surface area contributed by atoms with E-state index in [-0.39, 0.29) is 23.9 Å². The molecule has 3 rings (SSSR count). The molecule has 0 aromatic carbocycles. The number of fused-ring (bicyclic) bond motifs is 1. The van der Waals surface area contributed by atoms with E-state index in [1.54, 1.807) is 6.20 Å². The molecule has 1 saturated carbocycles. The molecule has 1 aromatic heterocycles. The van der Waals surface area contributed by atoms with Crippen molar-refractivity contribution in [1.29, 1.82) is 0 Å². The molecule has 6 atom stereocenters. The lowest BCUT2D eigenvalue weighted by Gasteiger charge is -2.45. The third-order valence-electron chi connectivity index (χ3n) is 5.75. The molecule has 130 valence electrons. The Morgan fingerprint density at radius 1 is 1.46 bits per heavy atom. The van der Waals surface area contributed by atoms with Crippen molar-refractivity contribution in [2.24, 2.45) is 23.7 Å². The van der Waals surface area contributed by atoms with Crippen molar-refractivity contribution in [3.8, 4) is 0 Å². The van der Waals surface area contributed by atoms with Crippen LogP contribution in [-0.2, 0) is 9.53 Å². The van der Waals surface area contributed by atoms with Crippen molar-refractivity contribution in [2.45, 2.75) is 45.3 Å². The van der Waals surface area contributed by atoms with E-state index in [0.717, 1.165) is 12.1 Å². The lowest BCUT2D eigenvalue weighted by atomic mass is 9.59. The molecule has 24 heavy (non-hydrogen) atoms. The fourth-order valence-electron chi connectivity index (χ4n) is 4.67. The van der Waals surface area contributed by atoms with E-state index >= 15 is 0 Å². The van der Waals surface area contributed by atoms with Crippen molar-refractivity contribution in [1.82, 2.24) is 4.98 Å². The maximum absolute atomic E-state index is 12.2. The molecule has 1 aromatic rings. The molecule has 0 radical (unpaired) electrons. The number of hydrogen-bond donors (Lipinski definition) is 2. The van der Waals surface area contributed by atoms with Crippen molar-refractivity contribution in [3.63, 3.8) is 0 Å². The Labute approximate surface area is 142 Å².